The SMILES string of the molecule is Cc1ccc(-c2nc3ccccc3c(=O)n2N=Cc2cccc3ccccc23)cc1. The molecule has 0 N–H and O–H groups in total. The van der Waals surface area contributed by atoms with Gasteiger partial charge in [-0.2, -0.15) is 9.78 Å². The normalized spacial score (nSPS) is 11.5. The third-order valence-corrected chi connectivity index (χ3v) is 5.20. The Balaban J connectivity index is 1.73. The first-order valence-corrected chi connectivity index (χ1v) is 9.82. The quantitative estimate of drug-likeness (QED) is 0.388. The molecule has 0 fully saturated rings. The highest BCUT2D eigenvalue weighted by molar-refractivity contribution is 5.99. The molecule has 4 nitrogen and oxygen atoms in total. The minimum absolute atomic E-state index is 0.187. The van der Waals surface area contributed by atoms with Crippen LogP contribution in [0, 0.1) is 6.92 Å². The van der Waals surface area contributed by atoms with Gasteiger partial charge in [-0.15, -0.1) is 0 Å². The van der Waals surface area contributed by atoms with E-state index in [0.717, 1.165) is 27.5 Å². The summed E-state index contributed by atoms with van der Waals surface area (Å²) >= 11 is 0. The number of aryl methyl sites for hydroxylation is 1. The van der Waals surface area contributed by atoms with Gasteiger partial charge in [-0.05, 0) is 29.8 Å². The van der Waals surface area contributed by atoms with Crippen LogP contribution in [0.2, 0.25) is 0 Å². The van der Waals surface area contributed by atoms with Gasteiger partial charge >= 0.3 is 0 Å². The maximum atomic E-state index is 13.3. The van der Waals surface area contributed by atoms with Crippen molar-refractivity contribution in [1.82, 2.24) is 9.66 Å². The fourth-order valence-corrected chi connectivity index (χ4v) is 3.60. The van der Waals surface area contributed by atoms with Crippen molar-refractivity contribution in [1.29, 1.82) is 0 Å². The smallest absolute Gasteiger partial charge is 0.267 e. The molecule has 4 aromatic carbocycles. The van der Waals surface area contributed by atoms with E-state index >= 15 is 0 Å². The molecule has 0 aliphatic rings. The van der Waals surface area contributed by atoms with Crippen LogP contribution in [-0.2, 0) is 0 Å². The van der Waals surface area contributed by atoms with Gasteiger partial charge in [0, 0.05) is 11.1 Å². The van der Waals surface area contributed by atoms with E-state index in [1.54, 1.807) is 12.3 Å². The summed E-state index contributed by atoms with van der Waals surface area (Å²) in [5.74, 6) is 0.523. The fraction of sp³-hybridized carbons (Fsp3) is 0.0385. The first-order valence-electron chi connectivity index (χ1n) is 9.82. The van der Waals surface area contributed by atoms with Crippen molar-refractivity contribution in [3.05, 3.63) is 112 Å². The lowest BCUT2D eigenvalue weighted by Gasteiger charge is -2.10. The molecule has 0 bridgehead atoms. The first kappa shape index (κ1) is 18.0. The molecular weight excluding hydrogens is 370 g/mol. The summed E-state index contributed by atoms with van der Waals surface area (Å²) in [5, 5.41) is 7.35. The van der Waals surface area contributed by atoms with Crippen molar-refractivity contribution < 1.29 is 0 Å². The van der Waals surface area contributed by atoms with Crippen molar-refractivity contribution in [3.63, 3.8) is 0 Å². The number of aromatic nitrogens is 2. The second-order valence-electron chi connectivity index (χ2n) is 7.25. The van der Waals surface area contributed by atoms with Gasteiger partial charge in [0.2, 0.25) is 0 Å². The van der Waals surface area contributed by atoms with Crippen molar-refractivity contribution in [2.24, 2.45) is 5.10 Å². The number of rotatable bonds is 3. The topological polar surface area (TPSA) is 47.2 Å². The zero-order chi connectivity index (χ0) is 20.5. The highest BCUT2D eigenvalue weighted by atomic mass is 16.1. The number of para-hydroxylation sites is 1. The number of hydrogen-bond donors (Lipinski definition) is 0. The van der Waals surface area contributed by atoms with Crippen LogP contribution in [0.1, 0.15) is 11.1 Å². The van der Waals surface area contributed by atoms with Gasteiger partial charge in [-0.1, -0.05) is 84.4 Å². The second kappa shape index (κ2) is 7.41. The standard InChI is InChI=1S/C26H19N3O/c1-18-13-15-20(16-14-18)25-28-24-12-5-4-11-23(24)26(30)29(25)27-17-21-9-6-8-19-7-2-3-10-22(19)21/h2-17H,1H3. The Hall–Kier alpha value is -4.05. The van der Waals surface area contributed by atoms with Crippen molar-refractivity contribution in [2.45, 2.75) is 6.92 Å². The molecule has 0 aliphatic heterocycles. The van der Waals surface area contributed by atoms with Crippen LogP contribution in [-0.4, -0.2) is 15.9 Å². The highest BCUT2D eigenvalue weighted by Crippen LogP contribution is 2.20. The molecule has 5 aromatic rings. The monoisotopic (exact) mass is 389 g/mol. The van der Waals surface area contributed by atoms with Gasteiger partial charge in [-0.3, -0.25) is 4.79 Å². The summed E-state index contributed by atoms with van der Waals surface area (Å²) in [6, 6.07) is 29.5. The van der Waals surface area contributed by atoms with E-state index in [1.807, 2.05) is 73.7 Å². The van der Waals surface area contributed by atoms with E-state index in [9.17, 15) is 4.79 Å². The van der Waals surface area contributed by atoms with E-state index in [0.29, 0.717) is 16.7 Å². The maximum Gasteiger partial charge on any atom is 0.282 e. The van der Waals surface area contributed by atoms with E-state index in [2.05, 4.69) is 23.3 Å². The summed E-state index contributed by atoms with van der Waals surface area (Å²) in [6.07, 6.45) is 1.73. The number of nitrogens with zero attached hydrogens (tertiary/aromatic N) is 3. The summed E-state index contributed by atoms with van der Waals surface area (Å²) < 4.78 is 1.40. The van der Waals surface area contributed by atoms with Crippen LogP contribution in [0.25, 0.3) is 33.1 Å². The largest absolute Gasteiger partial charge is 0.282 e. The van der Waals surface area contributed by atoms with Crippen LogP contribution in [0.3, 0.4) is 0 Å². The first-order chi connectivity index (χ1) is 14.7. The zero-order valence-corrected chi connectivity index (χ0v) is 16.5. The molecule has 0 aliphatic carbocycles. The molecule has 4 heteroatoms. The Bertz CT molecular complexity index is 1460. The molecule has 30 heavy (non-hydrogen) atoms. The second-order valence-corrected chi connectivity index (χ2v) is 7.25. The van der Waals surface area contributed by atoms with Crippen LogP contribution < -0.4 is 5.56 Å². The van der Waals surface area contributed by atoms with Gasteiger partial charge < -0.3 is 0 Å². The molecule has 1 aromatic heterocycles. The average Bonchev–Trinajstić information content (AvgIpc) is 2.79. The van der Waals surface area contributed by atoms with E-state index < -0.39 is 0 Å². The predicted molar refractivity (Wildman–Crippen MR) is 123 cm³/mol. The van der Waals surface area contributed by atoms with E-state index in [-0.39, 0.29) is 5.56 Å². The Labute approximate surface area is 173 Å². The van der Waals surface area contributed by atoms with Crippen LogP contribution in [0.5, 0.6) is 0 Å². The molecule has 0 radical (unpaired) electrons. The summed E-state index contributed by atoms with van der Waals surface area (Å²) in [6.45, 7) is 2.03. The van der Waals surface area contributed by atoms with Crippen LogP contribution >= 0.6 is 0 Å². The molecule has 0 amide bonds. The maximum absolute atomic E-state index is 13.3. The summed E-state index contributed by atoms with van der Waals surface area (Å²) in [5.41, 5.74) is 3.41. The number of fused-ring (bicyclic) bond motifs is 2. The lowest BCUT2D eigenvalue weighted by Crippen LogP contribution is -2.20. The molecule has 1 heterocycles. The summed E-state index contributed by atoms with van der Waals surface area (Å²) in [4.78, 5) is 18.0. The molecule has 0 saturated heterocycles. The minimum Gasteiger partial charge on any atom is -0.267 e. The van der Waals surface area contributed by atoms with E-state index in [4.69, 9.17) is 4.98 Å². The van der Waals surface area contributed by atoms with Gasteiger partial charge in [0.1, 0.15) is 0 Å². The average molecular weight is 389 g/mol. The van der Waals surface area contributed by atoms with E-state index in [1.165, 1.54) is 4.68 Å². The third kappa shape index (κ3) is 3.18. The molecule has 144 valence electrons. The lowest BCUT2D eigenvalue weighted by molar-refractivity contribution is 0.830. The summed E-state index contributed by atoms with van der Waals surface area (Å²) in [7, 11) is 0. The number of hydrogen-bond acceptors (Lipinski definition) is 3. The Kier molecular flexibility index (Phi) is 4.45. The fourth-order valence-electron chi connectivity index (χ4n) is 3.60. The third-order valence-electron chi connectivity index (χ3n) is 5.20. The molecule has 0 atom stereocenters. The molecular formula is C26H19N3O. The van der Waals surface area contributed by atoms with Gasteiger partial charge in [-0.25, -0.2) is 4.98 Å². The highest BCUT2D eigenvalue weighted by Gasteiger charge is 2.12. The van der Waals surface area contributed by atoms with Crippen LogP contribution in [0.4, 0.5) is 0 Å². The predicted octanol–water partition coefficient (Wildman–Crippen LogP) is 5.41. The van der Waals surface area contributed by atoms with Crippen LogP contribution in [0.15, 0.2) is 101 Å². The molecule has 0 saturated carbocycles. The number of benzene rings is 4. The lowest BCUT2D eigenvalue weighted by atomic mass is 10.1. The van der Waals surface area contributed by atoms with Crippen molar-refractivity contribution >= 4 is 27.9 Å². The Morgan fingerprint density at radius 2 is 1.50 bits per heavy atom. The Morgan fingerprint density at radius 3 is 2.33 bits per heavy atom. The molecule has 5 rings (SSSR count). The minimum atomic E-state index is -0.187. The Morgan fingerprint density at radius 1 is 0.800 bits per heavy atom. The zero-order valence-electron chi connectivity index (χ0n) is 16.5. The van der Waals surface area contributed by atoms with Crippen molar-refractivity contribution in [2.75, 3.05) is 0 Å². The van der Waals surface area contributed by atoms with Gasteiger partial charge in [0.05, 0.1) is 17.1 Å². The van der Waals surface area contributed by atoms with Gasteiger partial charge in [0.25, 0.3) is 5.56 Å². The van der Waals surface area contributed by atoms with Gasteiger partial charge in [0.15, 0.2) is 5.82 Å². The molecule has 0 spiro atoms. The van der Waals surface area contributed by atoms with Crippen molar-refractivity contribution in [3.8, 4) is 11.4 Å². The molecule has 0 unspecified atom stereocenters.